The van der Waals surface area contributed by atoms with Crippen LogP contribution in [0.15, 0.2) is 18.2 Å². The molecule has 0 fully saturated rings. The molecule has 0 aliphatic rings. The van der Waals surface area contributed by atoms with Gasteiger partial charge in [0, 0.05) is 12.7 Å². The van der Waals surface area contributed by atoms with E-state index >= 15 is 0 Å². The smallest absolute Gasteiger partial charge is 0.163 e. The molecule has 2 unspecified atom stereocenters. The van der Waals surface area contributed by atoms with Gasteiger partial charge in [-0.05, 0) is 19.0 Å². The maximum absolute atomic E-state index is 13.7. The van der Waals surface area contributed by atoms with Crippen molar-refractivity contribution in [2.75, 3.05) is 14.2 Å². The van der Waals surface area contributed by atoms with E-state index < -0.39 is 11.6 Å². The van der Waals surface area contributed by atoms with Gasteiger partial charge in [0.15, 0.2) is 11.6 Å². The van der Waals surface area contributed by atoms with Gasteiger partial charge in [-0.2, -0.15) is 0 Å². The number of rotatable bonds is 5. The molecule has 2 atom stereocenters. The third-order valence-electron chi connectivity index (χ3n) is 2.89. The third kappa shape index (κ3) is 3.01. The van der Waals surface area contributed by atoms with Crippen LogP contribution in [-0.2, 0) is 4.74 Å². The van der Waals surface area contributed by atoms with E-state index in [9.17, 15) is 8.78 Å². The summed E-state index contributed by atoms with van der Waals surface area (Å²) in [5, 5.41) is 2.99. The van der Waals surface area contributed by atoms with E-state index in [2.05, 4.69) is 5.32 Å². The van der Waals surface area contributed by atoms with Gasteiger partial charge in [-0.15, -0.1) is 0 Å². The fraction of sp³-hybridized carbons (Fsp3) is 0.538. The van der Waals surface area contributed by atoms with Gasteiger partial charge in [-0.3, -0.25) is 0 Å². The molecule has 1 aromatic carbocycles. The number of benzene rings is 1. The lowest BCUT2D eigenvalue weighted by molar-refractivity contribution is 0.0337. The zero-order chi connectivity index (χ0) is 13.0. The molecule has 0 saturated heterocycles. The lowest BCUT2D eigenvalue weighted by atomic mass is 9.93. The van der Waals surface area contributed by atoms with Gasteiger partial charge in [-0.25, -0.2) is 8.78 Å². The second kappa shape index (κ2) is 6.07. The van der Waals surface area contributed by atoms with E-state index in [0.29, 0.717) is 5.56 Å². The Morgan fingerprint density at radius 3 is 2.35 bits per heavy atom. The van der Waals surface area contributed by atoms with E-state index in [0.717, 1.165) is 6.07 Å². The van der Waals surface area contributed by atoms with Crippen LogP contribution in [0.3, 0.4) is 0 Å². The normalized spacial score (nSPS) is 15.0. The Morgan fingerprint density at radius 2 is 1.88 bits per heavy atom. The molecular weight excluding hydrogens is 224 g/mol. The van der Waals surface area contributed by atoms with Crippen molar-refractivity contribution in [1.82, 2.24) is 5.32 Å². The molecule has 0 saturated carbocycles. The minimum absolute atomic E-state index is 0.195. The molecule has 0 aliphatic carbocycles. The van der Waals surface area contributed by atoms with Gasteiger partial charge in [-0.1, -0.05) is 26.0 Å². The molecule has 1 rings (SSSR count). The van der Waals surface area contributed by atoms with E-state index in [1.807, 2.05) is 13.8 Å². The van der Waals surface area contributed by atoms with Crippen LogP contribution in [0.4, 0.5) is 8.78 Å². The van der Waals surface area contributed by atoms with E-state index in [1.165, 1.54) is 6.07 Å². The Bertz CT molecular complexity index is 368. The van der Waals surface area contributed by atoms with Crippen molar-refractivity contribution in [3.05, 3.63) is 35.4 Å². The van der Waals surface area contributed by atoms with Crippen molar-refractivity contribution >= 4 is 0 Å². The third-order valence-corrected chi connectivity index (χ3v) is 2.89. The largest absolute Gasteiger partial charge is 0.379 e. The minimum atomic E-state index is -0.832. The maximum atomic E-state index is 13.7. The summed E-state index contributed by atoms with van der Waals surface area (Å²) in [6.45, 7) is 3.96. The van der Waals surface area contributed by atoms with Gasteiger partial charge in [0.25, 0.3) is 0 Å². The van der Waals surface area contributed by atoms with Crippen molar-refractivity contribution in [2.45, 2.75) is 26.0 Å². The number of methoxy groups -OCH3 is 1. The van der Waals surface area contributed by atoms with Crippen LogP contribution in [-0.4, -0.2) is 20.3 Å². The lowest BCUT2D eigenvalue weighted by Crippen LogP contribution is -2.35. The Morgan fingerprint density at radius 1 is 1.24 bits per heavy atom. The molecule has 4 heteroatoms. The Kier molecular flexibility index (Phi) is 5.02. The van der Waals surface area contributed by atoms with Crippen LogP contribution >= 0.6 is 0 Å². The number of nitrogens with one attached hydrogen (secondary N) is 1. The molecule has 0 bridgehead atoms. The van der Waals surface area contributed by atoms with Gasteiger partial charge >= 0.3 is 0 Å². The molecule has 0 radical (unpaired) electrons. The number of halogens is 2. The van der Waals surface area contributed by atoms with Gasteiger partial charge in [0.1, 0.15) is 0 Å². The highest BCUT2D eigenvalue weighted by atomic mass is 19.2. The summed E-state index contributed by atoms with van der Waals surface area (Å²) in [6.07, 6.45) is -0.212. The minimum Gasteiger partial charge on any atom is -0.379 e. The summed E-state index contributed by atoms with van der Waals surface area (Å²) in [5.41, 5.74) is 0.299. The van der Waals surface area contributed by atoms with Crippen LogP contribution in [0.5, 0.6) is 0 Å². The molecule has 17 heavy (non-hydrogen) atoms. The number of ether oxygens (including phenoxy) is 1. The summed E-state index contributed by atoms with van der Waals surface area (Å²) in [4.78, 5) is 0. The highest BCUT2D eigenvalue weighted by Crippen LogP contribution is 2.27. The molecule has 0 aliphatic heterocycles. The number of hydrogen-bond acceptors (Lipinski definition) is 2. The molecule has 0 amide bonds. The zero-order valence-corrected chi connectivity index (χ0v) is 10.6. The van der Waals surface area contributed by atoms with Crippen LogP contribution in [0.1, 0.15) is 25.5 Å². The topological polar surface area (TPSA) is 21.3 Å². The van der Waals surface area contributed by atoms with Crippen molar-refractivity contribution in [1.29, 1.82) is 0 Å². The average Bonchev–Trinajstić information content (AvgIpc) is 2.29. The SMILES string of the molecule is CNC(c1cccc(F)c1F)C(OC)C(C)C. The van der Waals surface area contributed by atoms with E-state index in [4.69, 9.17) is 4.74 Å². The predicted octanol–water partition coefficient (Wildman–Crippen LogP) is 2.90. The van der Waals surface area contributed by atoms with Crippen molar-refractivity contribution in [3.8, 4) is 0 Å². The summed E-state index contributed by atoms with van der Waals surface area (Å²) < 4.78 is 32.3. The van der Waals surface area contributed by atoms with Gasteiger partial charge in [0.05, 0.1) is 12.1 Å². The van der Waals surface area contributed by atoms with Crippen molar-refractivity contribution < 1.29 is 13.5 Å². The first kappa shape index (κ1) is 14.1. The Labute approximate surface area is 101 Å². The monoisotopic (exact) mass is 243 g/mol. The first-order chi connectivity index (χ1) is 8.02. The highest BCUT2D eigenvalue weighted by Gasteiger charge is 2.27. The summed E-state index contributed by atoms with van der Waals surface area (Å²) in [5.74, 6) is -1.45. The lowest BCUT2D eigenvalue weighted by Gasteiger charge is -2.29. The van der Waals surface area contributed by atoms with E-state index in [-0.39, 0.29) is 18.1 Å². The van der Waals surface area contributed by atoms with Crippen molar-refractivity contribution in [2.24, 2.45) is 5.92 Å². The first-order valence-electron chi connectivity index (χ1n) is 5.66. The van der Waals surface area contributed by atoms with Crippen LogP contribution in [0, 0.1) is 17.6 Å². The quantitative estimate of drug-likeness (QED) is 0.858. The van der Waals surface area contributed by atoms with E-state index in [1.54, 1.807) is 20.2 Å². The average molecular weight is 243 g/mol. The number of hydrogen-bond donors (Lipinski definition) is 1. The fourth-order valence-electron chi connectivity index (χ4n) is 2.05. The molecule has 1 N–H and O–H groups in total. The summed E-state index contributed by atoms with van der Waals surface area (Å²) in [7, 11) is 3.29. The Balaban J connectivity index is 3.12. The highest BCUT2D eigenvalue weighted by molar-refractivity contribution is 5.23. The first-order valence-corrected chi connectivity index (χ1v) is 5.66. The summed E-state index contributed by atoms with van der Waals surface area (Å²) >= 11 is 0. The molecular formula is C13H19F2NO. The second-order valence-electron chi connectivity index (χ2n) is 4.35. The molecule has 96 valence electrons. The molecule has 0 aromatic heterocycles. The zero-order valence-electron chi connectivity index (χ0n) is 10.6. The Hall–Kier alpha value is -1.00. The molecule has 0 heterocycles. The standard InChI is InChI=1S/C13H19F2NO/c1-8(2)13(17-4)12(16-3)9-6-5-7-10(14)11(9)15/h5-8,12-13,16H,1-4H3. The molecule has 0 spiro atoms. The molecule has 1 aromatic rings. The van der Waals surface area contributed by atoms with Crippen LogP contribution in [0.25, 0.3) is 0 Å². The van der Waals surface area contributed by atoms with Crippen LogP contribution < -0.4 is 5.32 Å². The van der Waals surface area contributed by atoms with Crippen molar-refractivity contribution in [3.63, 3.8) is 0 Å². The predicted molar refractivity (Wildman–Crippen MR) is 63.8 cm³/mol. The number of likely N-dealkylation sites (N-methyl/N-ethyl adjacent to an activating group) is 1. The summed E-state index contributed by atoms with van der Waals surface area (Å²) in [6, 6.07) is 3.83. The van der Waals surface area contributed by atoms with Gasteiger partial charge in [0.2, 0.25) is 0 Å². The van der Waals surface area contributed by atoms with Gasteiger partial charge < -0.3 is 10.1 Å². The second-order valence-corrected chi connectivity index (χ2v) is 4.35. The maximum Gasteiger partial charge on any atom is 0.163 e. The fourth-order valence-corrected chi connectivity index (χ4v) is 2.05. The van der Waals surface area contributed by atoms with Crippen LogP contribution in [0.2, 0.25) is 0 Å². The molecule has 2 nitrogen and oxygen atoms in total.